The summed E-state index contributed by atoms with van der Waals surface area (Å²) < 4.78 is 31.7. The zero-order valence-electron chi connectivity index (χ0n) is 11.7. The number of aromatic nitrogens is 2. The van der Waals surface area contributed by atoms with E-state index in [-0.39, 0.29) is 11.4 Å². The smallest absolute Gasteiger partial charge is 0.246 e. The van der Waals surface area contributed by atoms with Gasteiger partial charge in [-0.15, -0.1) is 0 Å². The minimum atomic E-state index is -3.62. The summed E-state index contributed by atoms with van der Waals surface area (Å²) in [5.74, 6) is 0.590. The summed E-state index contributed by atoms with van der Waals surface area (Å²) in [5, 5.41) is 9.67. The minimum absolute atomic E-state index is 0.180. The molecule has 8 heteroatoms. The molecule has 0 bridgehead atoms. The Kier molecular flexibility index (Phi) is 4.26. The molecule has 0 aliphatic carbocycles. The van der Waals surface area contributed by atoms with Crippen LogP contribution in [0.2, 0.25) is 0 Å². The van der Waals surface area contributed by atoms with Gasteiger partial charge in [-0.1, -0.05) is 0 Å². The summed E-state index contributed by atoms with van der Waals surface area (Å²) >= 11 is 0. The van der Waals surface area contributed by atoms with Crippen LogP contribution in [-0.4, -0.2) is 37.0 Å². The van der Waals surface area contributed by atoms with Gasteiger partial charge in [0.1, 0.15) is 10.7 Å². The molecule has 0 aromatic carbocycles. The monoisotopic (exact) mass is 298 g/mol. The number of nitrogens with one attached hydrogen (secondary N) is 2. The molecule has 0 aliphatic rings. The second kappa shape index (κ2) is 5.78. The number of rotatable bonds is 6. The lowest BCUT2D eigenvalue weighted by Crippen LogP contribution is -2.28. The quantitative estimate of drug-likeness (QED) is 0.825. The number of aromatic amines is 1. The first-order valence-electron chi connectivity index (χ1n) is 6.14. The van der Waals surface area contributed by atoms with Gasteiger partial charge < -0.3 is 9.73 Å². The summed E-state index contributed by atoms with van der Waals surface area (Å²) in [5.41, 5.74) is 1.01. The predicted octanol–water partition coefficient (Wildman–Crippen LogP) is 0.851. The van der Waals surface area contributed by atoms with Gasteiger partial charge in [-0.05, 0) is 26.1 Å². The second-order valence-electron chi connectivity index (χ2n) is 4.50. The van der Waals surface area contributed by atoms with Crippen LogP contribution in [0.15, 0.2) is 27.7 Å². The molecule has 0 aliphatic heterocycles. The lowest BCUT2D eigenvalue weighted by Gasteiger charge is -2.16. The fraction of sp³-hybridized carbons (Fsp3) is 0.417. The highest BCUT2D eigenvalue weighted by molar-refractivity contribution is 7.89. The minimum Gasteiger partial charge on any atom is -0.468 e. The number of hydrogen-bond donors (Lipinski definition) is 2. The van der Waals surface area contributed by atoms with Gasteiger partial charge in [0.05, 0.1) is 24.2 Å². The van der Waals surface area contributed by atoms with Crippen molar-refractivity contribution < 1.29 is 12.8 Å². The van der Waals surface area contributed by atoms with E-state index >= 15 is 0 Å². The van der Waals surface area contributed by atoms with E-state index in [1.807, 2.05) is 0 Å². The first-order chi connectivity index (χ1) is 9.46. The van der Waals surface area contributed by atoms with Crippen molar-refractivity contribution in [2.24, 2.45) is 0 Å². The average Bonchev–Trinajstić information content (AvgIpc) is 3.00. The maximum Gasteiger partial charge on any atom is 0.246 e. The Morgan fingerprint density at radius 2 is 2.25 bits per heavy atom. The van der Waals surface area contributed by atoms with E-state index in [1.165, 1.54) is 17.6 Å². The van der Waals surface area contributed by atoms with Gasteiger partial charge in [-0.3, -0.25) is 5.10 Å². The molecule has 7 nitrogen and oxygen atoms in total. The highest BCUT2D eigenvalue weighted by Crippen LogP contribution is 2.22. The molecule has 0 radical (unpaired) electrons. The van der Waals surface area contributed by atoms with E-state index < -0.39 is 10.0 Å². The third-order valence-corrected chi connectivity index (χ3v) is 4.94. The molecule has 2 N–H and O–H groups in total. The third-order valence-electron chi connectivity index (χ3n) is 2.93. The molecule has 2 aromatic rings. The van der Waals surface area contributed by atoms with Crippen LogP contribution in [0.5, 0.6) is 0 Å². The van der Waals surface area contributed by atoms with Gasteiger partial charge in [0, 0.05) is 13.6 Å². The second-order valence-corrected chi connectivity index (χ2v) is 6.48. The van der Waals surface area contributed by atoms with E-state index in [1.54, 1.807) is 26.1 Å². The Hall–Kier alpha value is -1.64. The number of nitrogens with zero attached hydrogens (tertiary/aromatic N) is 2. The van der Waals surface area contributed by atoms with E-state index in [0.29, 0.717) is 23.7 Å². The predicted molar refractivity (Wildman–Crippen MR) is 73.4 cm³/mol. The molecule has 2 aromatic heterocycles. The number of aryl methyl sites for hydroxylation is 1. The Bertz CT molecular complexity index is 661. The molecular formula is C12H18N4O3S. The molecule has 2 heterocycles. The zero-order valence-corrected chi connectivity index (χ0v) is 12.5. The highest BCUT2D eigenvalue weighted by Gasteiger charge is 2.28. The number of hydrogen-bond acceptors (Lipinski definition) is 5. The van der Waals surface area contributed by atoms with E-state index in [2.05, 4.69) is 15.5 Å². The Morgan fingerprint density at radius 3 is 2.85 bits per heavy atom. The first-order valence-corrected chi connectivity index (χ1v) is 7.58. The van der Waals surface area contributed by atoms with Crippen molar-refractivity contribution in [2.45, 2.75) is 24.9 Å². The van der Waals surface area contributed by atoms with Crippen LogP contribution in [0.3, 0.4) is 0 Å². The standard InChI is InChI=1S/C12H18N4O3S/c1-9-12(11(7-13-2)15-14-9)20(17,18)16(3)8-10-5-4-6-19-10/h4-6,13H,7-8H2,1-3H3,(H,14,15). The maximum absolute atomic E-state index is 12.6. The van der Waals surface area contributed by atoms with Crippen LogP contribution in [0.25, 0.3) is 0 Å². The molecule has 0 amide bonds. The van der Waals surface area contributed by atoms with Gasteiger partial charge in [0.15, 0.2) is 0 Å². The molecular weight excluding hydrogens is 280 g/mol. The zero-order chi connectivity index (χ0) is 14.8. The lowest BCUT2D eigenvalue weighted by atomic mass is 10.4. The van der Waals surface area contributed by atoms with Gasteiger partial charge in [-0.25, -0.2) is 8.42 Å². The van der Waals surface area contributed by atoms with Crippen molar-refractivity contribution in [2.75, 3.05) is 14.1 Å². The Labute approximate surface area is 118 Å². The van der Waals surface area contributed by atoms with Gasteiger partial charge >= 0.3 is 0 Å². The number of sulfonamides is 1. The SMILES string of the molecule is CNCc1n[nH]c(C)c1S(=O)(=O)N(C)Cc1ccco1. The lowest BCUT2D eigenvalue weighted by molar-refractivity contribution is 0.405. The number of H-pyrrole nitrogens is 1. The van der Waals surface area contributed by atoms with Crippen molar-refractivity contribution in [3.8, 4) is 0 Å². The molecule has 2 rings (SSSR count). The van der Waals surface area contributed by atoms with E-state index in [4.69, 9.17) is 4.42 Å². The van der Waals surface area contributed by atoms with Crippen LogP contribution in [0, 0.1) is 6.92 Å². The third kappa shape index (κ3) is 2.77. The molecule has 20 heavy (non-hydrogen) atoms. The molecule has 0 fully saturated rings. The summed E-state index contributed by atoms with van der Waals surface area (Å²) in [4.78, 5) is 0.223. The van der Waals surface area contributed by atoms with Crippen LogP contribution >= 0.6 is 0 Å². The van der Waals surface area contributed by atoms with Crippen molar-refractivity contribution in [3.05, 3.63) is 35.5 Å². The summed E-state index contributed by atoms with van der Waals surface area (Å²) in [6.45, 7) is 2.26. The normalized spacial score (nSPS) is 12.2. The van der Waals surface area contributed by atoms with Crippen LogP contribution in [0.1, 0.15) is 17.1 Å². The summed E-state index contributed by atoms with van der Waals surface area (Å²) in [6.07, 6.45) is 1.52. The number of furan rings is 1. The molecule has 0 atom stereocenters. The maximum atomic E-state index is 12.6. The van der Waals surface area contributed by atoms with E-state index in [0.717, 1.165) is 0 Å². The molecule has 0 spiro atoms. The largest absolute Gasteiger partial charge is 0.468 e. The Morgan fingerprint density at radius 1 is 1.50 bits per heavy atom. The van der Waals surface area contributed by atoms with Crippen molar-refractivity contribution in [1.29, 1.82) is 0 Å². The molecule has 110 valence electrons. The summed E-state index contributed by atoms with van der Waals surface area (Å²) in [6, 6.07) is 3.47. The van der Waals surface area contributed by atoms with Crippen LogP contribution < -0.4 is 5.32 Å². The topological polar surface area (TPSA) is 91.2 Å². The fourth-order valence-electron chi connectivity index (χ4n) is 1.96. The van der Waals surface area contributed by atoms with Crippen LogP contribution in [0.4, 0.5) is 0 Å². The van der Waals surface area contributed by atoms with Gasteiger partial charge in [-0.2, -0.15) is 9.40 Å². The molecule has 0 saturated heterocycles. The average molecular weight is 298 g/mol. The fourth-order valence-corrected chi connectivity index (χ4v) is 3.42. The first kappa shape index (κ1) is 14.8. The van der Waals surface area contributed by atoms with Crippen molar-refractivity contribution in [1.82, 2.24) is 19.8 Å². The summed E-state index contributed by atoms with van der Waals surface area (Å²) in [7, 11) is -0.351. The van der Waals surface area contributed by atoms with Crippen molar-refractivity contribution >= 4 is 10.0 Å². The Balaban J connectivity index is 2.32. The van der Waals surface area contributed by atoms with Crippen LogP contribution in [-0.2, 0) is 23.1 Å². The highest BCUT2D eigenvalue weighted by atomic mass is 32.2. The van der Waals surface area contributed by atoms with Crippen molar-refractivity contribution in [3.63, 3.8) is 0 Å². The molecule has 0 unspecified atom stereocenters. The van der Waals surface area contributed by atoms with Gasteiger partial charge in [0.2, 0.25) is 10.0 Å². The molecule has 0 saturated carbocycles. The van der Waals surface area contributed by atoms with Gasteiger partial charge in [0.25, 0.3) is 0 Å². The van der Waals surface area contributed by atoms with E-state index in [9.17, 15) is 8.42 Å².